The lowest BCUT2D eigenvalue weighted by molar-refractivity contribution is -0.104. The van der Waals surface area contributed by atoms with E-state index in [1.807, 2.05) is 6.07 Å². The molecule has 0 spiro atoms. The summed E-state index contributed by atoms with van der Waals surface area (Å²) in [6.07, 6.45) is 0.381. The third kappa shape index (κ3) is 3.43. The molecule has 0 atom stereocenters. The van der Waals surface area contributed by atoms with E-state index in [2.05, 4.69) is 5.32 Å². The van der Waals surface area contributed by atoms with Crippen LogP contribution in [0.1, 0.15) is 10.4 Å². The van der Waals surface area contributed by atoms with E-state index in [1.54, 1.807) is 60.7 Å². The van der Waals surface area contributed by atoms with Crippen LogP contribution in [0.2, 0.25) is 0 Å². The molecule has 4 nitrogen and oxygen atoms in total. The summed E-state index contributed by atoms with van der Waals surface area (Å²) >= 11 is 0. The molecule has 0 amide bonds. The summed E-state index contributed by atoms with van der Waals surface area (Å²) in [4.78, 5) is 23.5. The van der Waals surface area contributed by atoms with Crippen LogP contribution in [0.25, 0.3) is 0 Å². The number of nitrogens with zero attached hydrogens (tertiary/aromatic N) is 1. The van der Waals surface area contributed by atoms with Crippen molar-refractivity contribution in [2.24, 2.45) is 0 Å². The lowest BCUT2D eigenvalue weighted by Crippen LogP contribution is -2.15. The van der Waals surface area contributed by atoms with E-state index in [0.717, 1.165) is 0 Å². The Morgan fingerprint density at radius 2 is 1.57 bits per heavy atom. The van der Waals surface area contributed by atoms with Crippen LogP contribution in [0.5, 0.6) is 0 Å². The molecule has 0 bridgehead atoms. The number of benzene rings is 2. The van der Waals surface area contributed by atoms with Gasteiger partial charge in [0.05, 0.1) is 0 Å². The third-order valence-electron chi connectivity index (χ3n) is 2.81. The molecular weight excluding hydrogens is 264 g/mol. The van der Waals surface area contributed by atoms with E-state index in [0.29, 0.717) is 17.5 Å². The number of carbonyl (C=O) groups is 2. The molecule has 0 aliphatic heterocycles. The van der Waals surface area contributed by atoms with Gasteiger partial charge in [-0.2, -0.15) is 5.26 Å². The smallest absolute Gasteiger partial charge is 0.210 e. The fourth-order valence-electron chi connectivity index (χ4n) is 1.79. The molecule has 0 aromatic heterocycles. The average Bonchev–Trinajstić information content (AvgIpc) is 2.56. The van der Waals surface area contributed by atoms with Gasteiger partial charge in [0, 0.05) is 11.3 Å². The SMILES string of the molecule is N#C/C(C=O)=C(/Nc1ccccc1)C(=O)c1ccccc1. The molecule has 0 saturated carbocycles. The second-order valence-electron chi connectivity index (χ2n) is 4.20. The van der Waals surface area contributed by atoms with Gasteiger partial charge in [-0.05, 0) is 12.1 Å². The van der Waals surface area contributed by atoms with Crippen molar-refractivity contribution < 1.29 is 9.59 Å². The number of aldehydes is 1. The predicted molar refractivity (Wildman–Crippen MR) is 79.5 cm³/mol. The average molecular weight is 276 g/mol. The number of anilines is 1. The van der Waals surface area contributed by atoms with Crippen LogP contribution >= 0.6 is 0 Å². The van der Waals surface area contributed by atoms with Crippen LogP contribution in [0.3, 0.4) is 0 Å². The Morgan fingerprint density at radius 3 is 2.10 bits per heavy atom. The Morgan fingerprint density at radius 1 is 1.00 bits per heavy atom. The van der Waals surface area contributed by atoms with Gasteiger partial charge in [-0.3, -0.25) is 9.59 Å². The molecule has 2 rings (SSSR count). The maximum absolute atomic E-state index is 12.5. The molecule has 0 heterocycles. The Balaban J connectivity index is 2.43. The normalized spacial score (nSPS) is 11.0. The van der Waals surface area contributed by atoms with E-state index in [4.69, 9.17) is 5.26 Å². The second kappa shape index (κ2) is 6.83. The van der Waals surface area contributed by atoms with E-state index >= 15 is 0 Å². The number of allylic oxidation sites excluding steroid dienone is 2. The van der Waals surface area contributed by atoms with Crippen LogP contribution in [0, 0.1) is 11.3 Å². The highest BCUT2D eigenvalue weighted by molar-refractivity contribution is 6.13. The molecule has 0 saturated heterocycles. The minimum atomic E-state index is -0.400. The Kier molecular flexibility index (Phi) is 4.62. The molecule has 0 aliphatic rings. The van der Waals surface area contributed by atoms with Gasteiger partial charge in [-0.25, -0.2) is 0 Å². The maximum Gasteiger partial charge on any atom is 0.210 e. The molecular formula is C17H12N2O2. The molecule has 0 fully saturated rings. The topological polar surface area (TPSA) is 70.0 Å². The zero-order chi connectivity index (χ0) is 15.1. The number of nitrogens with one attached hydrogen (secondary N) is 1. The Bertz CT molecular complexity index is 713. The molecule has 2 aromatic carbocycles. The Hall–Kier alpha value is -3.19. The number of rotatable bonds is 5. The quantitative estimate of drug-likeness (QED) is 0.394. The molecule has 0 radical (unpaired) electrons. The lowest BCUT2D eigenvalue weighted by Gasteiger charge is -2.10. The summed E-state index contributed by atoms with van der Waals surface area (Å²) in [5.41, 5.74) is 0.787. The van der Waals surface area contributed by atoms with Crippen molar-refractivity contribution in [1.82, 2.24) is 0 Å². The molecule has 102 valence electrons. The summed E-state index contributed by atoms with van der Waals surface area (Å²) in [7, 11) is 0. The summed E-state index contributed by atoms with van der Waals surface area (Å²) in [6.45, 7) is 0. The van der Waals surface area contributed by atoms with Gasteiger partial charge < -0.3 is 5.32 Å². The summed E-state index contributed by atoms with van der Waals surface area (Å²) < 4.78 is 0. The van der Waals surface area contributed by atoms with Crippen molar-refractivity contribution in [1.29, 1.82) is 5.26 Å². The fraction of sp³-hybridized carbons (Fsp3) is 0. The first-order valence-electron chi connectivity index (χ1n) is 6.27. The third-order valence-corrected chi connectivity index (χ3v) is 2.81. The van der Waals surface area contributed by atoms with E-state index in [-0.39, 0.29) is 11.3 Å². The summed E-state index contributed by atoms with van der Waals surface area (Å²) in [6, 6.07) is 19.2. The van der Waals surface area contributed by atoms with E-state index in [1.165, 1.54) is 0 Å². The van der Waals surface area contributed by atoms with Crippen LogP contribution < -0.4 is 5.32 Å². The van der Waals surface area contributed by atoms with E-state index in [9.17, 15) is 9.59 Å². The van der Waals surface area contributed by atoms with Crippen LogP contribution in [0.15, 0.2) is 71.9 Å². The van der Waals surface area contributed by atoms with Gasteiger partial charge in [-0.15, -0.1) is 0 Å². The predicted octanol–water partition coefficient (Wildman–Crippen LogP) is 2.96. The highest BCUT2D eigenvalue weighted by atomic mass is 16.1. The first kappa shape index (κ1) is 14.2. The largest absolute Gasteiger partial charge is 0.351 e. The zero-order valence-electron chi connectivity index (χ0n) is 11.1. The number of para-hydroxylation sites is 1. The van der Waals surface area contributed by atoms with Gasteiger partial charge >= 0.3 is 0 Å². The van der Waals surface area contributed by atoms with Gasteiger partial charge in [0.2, 0.25) is 5.78 Å². The zero-order valence-corrected chi connectivity index (χ0v) is 11.1. The molecule has 0 aliphatic carbocycles. The first-order valence-corrected chi connectivity index (χ1v) is 6.27. The maximum atomic E-state index is 12.5. The van der Waals surface area contributed by atoms with Crippen molar-refractivity contribution >= 4 is 17.8 Å². The number of Topliss-reactive ketones (excluding diaryl/α,β-unsaturated/α-hetero) is 1. The lowest BCUT2D eigenvalue weighted by atomic mass is 10.0. The van der Waals surface area contributed by atoms with Crippen molar-refractivity contribution in [2.75, 3.05) is 5.32 Å². The van der Waals surface area contributed by atoms with Crippen molar-refractivity contribution in [2.45, 2.75) is 0 Å². The molecule has 2 aromatic rings. The highest BCUT2D eigenvalue weighted by Gasteiger charge is 2.17. The molecule has 21 heavy (non-hydrogen) atoms. The number of hydrogen-bond acceptors (Lipinski definition) is 4. The number of ketones is 1. The van der Waals surface area contributed by atoms with Crippen molar-refractivity contribution in [3.05, 3.63) is 77.5 Å². The molecule has 1 N–H and O–H groups in total. The molecule has 4 heteroatoms. The number of nitriles is 1. The van der Waals surface area contributed by atoms with Gasteiger partial charge in [0.15, 0.2) is 6.29 Å². The first-order chi connectivity index (χ1) is 10.3. The number of hydrogen-bond donors (Lipinski definition) is 1. The van der Waals surface area contributed by atoms with Crippen LogP contribution in [-0.4, -0.2) is 12.1 Å². The number of carbonyl (C=O) groups excluding carboxylic acids is 2. The van der Waals surface area contributed by atoms with E-state index < -0.39 is 5.78 Å². The van der Waals surface area contributed by atoms with Gasteiger partial charge in [0.1, 0.15) is 17.3 Å². The van der Waals surface area contributed by atoms with Crippen molar-refractivity contribution in [3.8, 4) is 6.07 Å². The van der Waals surface area contributed by atoms with Crippen LogP contribution in [0.4, 0.5) is 5.69 Å². The minimum absolute atomic E-state index is 0.0232. The monoisotopic (exact) mass is 276 g/mol. The van der Waals surface area contributed by atoms with Gasteiger partial charge in [-0.1, -0.05) is 48.5 Å². The minimum Gasteiger partial charge on any atom is -0.351 e. The standard InChI is InChI=1S/C17H12N2O2/c18-11-14(12-20)16(19-15-9-5-2-6-10-15)17(21)13-7-3-1-4-8-13/h1-10,12,19H/b16-14-. The summed E-state index contributed by atoms with van der Waals surface area (Å²) in [5.74, 6) is -0.400. The Labute approximate surface area is 122 Å². The highest BCUT2D eigenvalue weighted by Crippen LogP contribution is 2.16. The van der Waals surface area contributed by atoms with Crippen LogP contribution in [-0.2, 0) is 4.79 Å². The fourth-order valence-corrected chi connectivity index (χ4v) is 1.79. The summed E-state index contributed by atoms with van der Waals surface area (Å²) in [5, 5.41) is 11.9. The van der Waals surface area contributed by atoms with Crippen molar-refractivity contribution in [3.63, 3.8) is 0 Å². The molecule has 0 unspecified atom stereocenters. The second-order valence-corrected chi connectivity index (χ2v) is 4.20. The van der Waals surface area contributed by atoms with Gasteiger partial charge in [0.25, 0.3) is 0 Å².